The van der Waals surface area contributed by atoms with Crippen molar-refractivity contribution in [1.82, 2.24) is 0 Å². The highest BCUT2D eigenvalue weighted by Gasteiger charge is 2.21. The predicted molar refractivity (Wildman–Crippen MR) is 58.8 cm³/mol. The standard InChI is InChI=1S/C11H10ClNO2/c12-9(11(13)14)8-5-1-3-7-4-2-6-15-10(7)8/h1-5,9H,6H2,(H2,13,14). The fraction of sp³-hybridized carbons (Fsp3) is 0.182. The Morgan fingerprint density at radius 3 is 3.07 bits per heavy atom. The molecular weight excluding hydrogens is 214 g/mol. The summed E-state index contributed by atoms with van der Waals surface area (Å²) in [6, 6.07) is 5.48. The van der Waals surface area contributed by atoms with E-state index in [1.807, 2.05) is 24.3 Å². The van der Waals surface area contributed by atoms with Crippen molar-refractivity contribution in [3.8, 4) is 5.75 Å². The van der Waals surface area contributed by atoms with Gasteiger partial charge in [0.1, 0.15) is 17.7 Å². The molecular formula is C11H10ClNO2. The number of halogens is 1. The maximum Gasteiger partial charge on any atom is 0.240 e. The zero-order valence-electron chi connectivity index (χ0n) is 7.94. The zero-order chi connectivity index (χ0) is 10.8. The highest BCUT2D eigenvalue weighted by atomic mass is 35.5. The van der Waals surface area contributed by atoms with Crippen molar-refractivity contribution in [3.05, 3.63) is 35.4 Å². The molecule has 0 saturated heterocycles. The Labute approximate surface area is 92.5 Å². The molecule has 2 rings (SSSR count). The van der Waals surface area contributed by atoms with Gasteiger partial charge >= 0.3 is 0 Å². The maximum absolute atomic E-state index is 11.0. The number of carbonyl (C=O) groups excluding carboxylic acids is 1. The minimum atomic E-state index is -0.841. The minimum Gasteiger partial charge on any atom is -0.489 e. The Bertz CT molecular complexity index is 429. The molecule has 1 aliphatic rings. The van der Waals surface area contributed by atoms with Crippen LogP contribution in [0.1, 0.15) is 16.5 Å². The Morgan fingerprint density at radius 2 is 2.33 bits per heavy atom. The van der Waals surface area contributed by atoms with Crippen LogP contribution < -0.4 is 10.5 Å². The normalized spacial score (nSPS) is 15.3. The number of alkyl halides is 1. The zero-order valence-corrected chi connectivity index (χ0v) is 8.70. The third-order valence-electron chi connectivity index (χ3n) is 2.22. The summed E-state index contributed by atoms with van der Waals surface area (Å²) in [4.78, 5) is 11.0. The molecule has 0 bridgehead atoms. The maximum atomic E-state index is 11.0. The lowest BCUT2D eigenvalue weighted by molar-refractivity contribution is -0.117. The van der Waals surface area contributed by atoms with E-state index < -0.39 is 11.3 Å². The molecule has 1 amide bonds. The van der Waals surface area contributed by atoms with E-state index in [1.165, 1.54) is 0 Å². The fourth-order valence-corrected chi connectivity index (χ4v) is 1.70. The van der Waals surface area contributed by atoms with Crippen LogP contribution in [0, 0.1) is 0 Å². The van der Waals surface area contributed by atoms with E-state index in [-0.39, 0.29) is 0 Å². The van der Waals surface area contributed by atoms with Gasteiger partial charge in [-0.3, -0.25) is 4.79 Å². The Kier molecular flexibility index (Phi) is 2.64. The minimum absolute atomic E-state index is 0.492. The summed E-state index contributed by atoms with van der Waals surface area (Å²) in [6.45, 7) is 0.492. The van der Waals surface area contributed by atoms with E-state index in [9.17, 15) is 4.79 Å². The summed E-state index contributed by atoms with van der Waals surface area (Å²) in [7, 11) is 0. The molecule has 2 N–H and O–H groups in total. The highest BCUT2D eigenvalue weighted by molar-refractivity contribution is 6.30. The number of primary amides is 1. The van der Waals surface area contributed by atoms with Crippen LogP contribution in [0.4, 0.5) is 0 Å². The van der Waals surface area contributed by atoms with Crippen LogP contribution in [0.15, 0.2) is 24.3 Å². The van der Waals surface area contributed by atoms with Gasteiger partial charge in [-0.1, -0.05) is 24.3 Å². The average molecular weight is 224 g/mol. The van der Waals surface area contributed by atoms with E-state index in [1.54, 1.807) is 6.07 Å². The van der Waals surface area contributed by atoms with Crippen LogP contribution in [0.3, 0.4) is 0 Å². The number of hydrogen-bond donors (Lipinski definition) is 1. The molecule has 0 saturated carbocycles. The molecule has 1 atom stereocenters. The van der Waals surface area contributed by atoms with Crippen LogP contribution in [0.2, 0.25) is 0 Å². The third kappa shape index (κ3) is 1.83. The first-order chi connectivity index (χ1) is 7.20. The van der Waals surface area contributed by atoms with Gasteiger partial charge in [-0.05, 0) is 6.08 Å². The Morgan fingerprint density at radius 1 is 1.53 bits per heavy atom. The second kappa shape index (κ2) is 3.95. The first-order valence-corrected chi connectivity index (χ1v) is 4.99. The van der Waals surface area contributed by atoms with Crippen LogP contribution in [-0.4, -0.2) is 12.5 Å². The van der Waals surface area contributed by atoms with Crippen molar-refractivity contribution in [1.29, 1.82) is 0 Å². The van der Waals surface area contributed by atoms with Crippen molar-refractivity contribution in [2.24, 2.45) is 5.73 Å². The lowest BCUT2D eigenvalue weighted by Crippen LogP contribution is -2.18. The van der Waals surface area contributed by atoms with Gasteiger partial charge in [-0.15, -0.1) is 11.6 Å². The van der Waals surface area contributed by atoms with E-state index in [2.05, 4.69) is 0 Å². The first kappa shape index (κ1) is 10.1. The Balaban J connectivity index is 2.48. The van der Waals surface area contributed by atoms with Crippen molar-refractivity contribution < 1.29 is 9.53 Å². The van der Waals surface area contributed by atoms with Gasteiger partial charge in [0.2, 0.25) is 5.91 Å². The lowest BCUT2D eigenvalue weighted by Gasteiger charge is -2.17. The number of nitrogens with two attached hydrogens (primary N) is 1. The number of rotatable bonds is 2. The van der Waals surface area contributed by atoms with Crippen LogP contribution in [0.25, 0.3) is 6.08 Å². The molecule has 1 unspecified atom stereocenters. The van der Waals surface area contributed by atoms with Gasteiger partial charge in [-0.25, -0.2) is 0 Å². The first-order valence-electron chi connectivity index (χ1n) is 4.56. The van der Waals surface area contributed by atoms with Crippen LogP contribution >= 0.6 is 11.6 Å². The fourth-order valence-electron chi connectivity index (χ4n) is 1.53. The third-order valence-corrected chi connectivity index (χ3v) is 2.67. The number of amides is 1. The summed E-state index contributed by atoms with van der Waals surface area (Å²) < 4.78 is 5.45. The van der Waals surface area contributed by atoms with Gasteiger partial charge in [-0.2, -0.15) is 0 Å². The number of hydrogen-bond acceptors (Lipinski definition) is 2. The van der Waals surface area contributed by atoms with E-state index in [4.69, 9.17) is 22.1 Å². The van der Waals surface area contributed by atoms with Gasteiger partial charge in [0.15, 0.2) is 0 Å². The summed E-state index contributed by atoms with van der Waals surface area (Å²) in [5, 5.41) is -0.841. The second-order valence-corrected chi connectivity index (χ2v) is 3.68. The molecule has 0 aliphatic carbocycles. The van der Waals surface area contributed by atoms with Gasteiger partial charge in [0, 0.05) is 11.1 Å². The quantitative estimate of drug-likeness (QED) is 0.778. The summed E-state index contributed by atoms with van der Waals surface area (Å²) in [5.41, 5.74) is 6.71. The van der Waals surface area contributed by atoms with Crippen LogP contribution in [0.5, 0.6) is 5.75 Å². The molecule has 0 spiro atoms. The largest absolute Gasteiger partial charge is 0.489 e. The Hall–Kier alpha value is -1.48. The van der Waals surface area contributed by atoms with Crippen molar-refractivity contribution in [2.75, 3.05) is 6.61 Å². The van der Waals surface area contributed by atoms with Crippen molar-refractivity contribution in [2.45, 2.75) is 5.38 Å². The van der Waals surface area contributed by atoms with Gasteiger partial charge < -0.3 is 10.5 Å². The average Bonchev–Trinajstić information content (AvgIpc) is 2.27. The summed E-state index contributed by atoms with van der Waals surface area (Å²) in [6.07, 6.45) is 3.84. The molecule has 1 aliphatic heterocycles. The number of ether oxygens (including phenoxy) is 1. The number of para-hydroxylation sites is 1. The molecule has 0 aromatic heterocycles. The highest BCUT2D eigenvalue weighted by Crippen LogP contribution is 2.34. The molecule has 1 aromatic carbocycles. The molecule has 1 heterocycles. The van der Waals surface area contributed by atoms with E-state index in [0.29, 0.717) is 17.9 Å². The SMILES string of the molecule is NC(=O)C(Cl)c1cccc2c1OCC=C2. The summed E-state index contributed by atoms with van der Waals surface area (Å²) >= 11 is 5.90. The van der Waals surface area contributed by atoms with E-state index >= 15 is 0 Å². The molecule has 0 fully saturated rings. The molecule has 1 aromatic rings. The summed E-state index contributed by atoms with van der Waals surface area (Å²) in [5.74, 6) is 0.0852. The van der Waals surface area contributed by atoms with Crippen molar-refractivity contribution >= 4 is 23.6 Å². The van der Waals surface area contributed by atoms with Crippen molar-refractivity contribution in [3.63, 3.8) is 0 Å². The molecule has 3 nitrogen and oxygen atoms in total. The molecule has 4 heteroatoms. The molecule has 15 heavy (non-hydrogen) atoms. The predicted octanol–water partition coefficient (Wildman–Crippen LogP) is 1.86. The lowest BCUT2D eigenvalue weighted by atomic mass is 10.0. The number of carbonyl (C=O) groups is 1. The van der Waals surface area contributed by atoms with Gasteiger partial charge in [0.25, 0.3) is 0 Å². The smallest absolute Gasteiger partial charge is 0.240 e. The molecule has 78 valence electrons. The second-order valence-electron chi connectivity index (χ2n) is 3.24. The van der Waals surface area contributed by atoms with Crippen LogP contribution in [-0.2, 0) is 4.79 Å². The monoisotopic (exact) mass is 223 g/mol. The molecule has 0 radical (unpaired) electrons. The number of fused-ring (bicyclic) bond motifs is 1. The van der Waals surface area contributed by atoms with Gasteiger partial charge in [0.05, 0.1) is 0 Å². The number of benzene rings is 1. The van der Waals surface area contributed by atoms with E-state index in [0.717, 1.165) is 5.56 Å². The topological polar surface area (TPSA) is 52.3 Å².